The third-order valence-electron chi connectivity index (χ3n) is 3.59. The second-order valence-corrected chi connectivity index (χ2v) is 5.95. The van der Waals surface area contributed by atoms with Crippen molar-refractivity contribution < 1.29 is 9.90 Å². The number of carboxylic acids is 1. The summed E-state index contributed by atoms with van der Waals surface area (Å²) >= 11 is 9.50. The Bertz CT molecular complexity index is 447. The minimum absolute atomic E-state index is 0.443. The van der Waals surface area contributed by atoms with E-state index < -0.39 is 11.4 Å². The predicted octanol–water partition coefficient (Wildman–Crippen LogP) is 4.08. The van der Waals surface area contributed by atoms with Gasteiger partial charge < -0.3 is 10.4 Å². The van der Waals surface area contributed by atoms with Gasteiger partial charge in [0.15, 0.2) is 0 Å². The number of carboxylic acid groups (broad SMARTS) is 1. The van der Waals surface area contributed by atoms with Gasteiger partial charge in [-0.25, -0.2) is 0 Å². The summed E-state index contributed by atoms with van der Waals surface area (Å²) in [6.07, 6.45) is 1.22. The molecular formula is C14H19BrClNO2. The summed E-state index contributed by atoms with van der Waals surface area (Å²) < 4.78 is 0.962. The third-order valence-corrected chi connectivity index (χ3v) is 4.46. The van der Waals surface area contributed by atoms with Crippen LogP contribution in [0.3, 0.4) is 0 Å². The number of halogens is 2. The first kappa shape index (κ1) is 16.5. The Labute approximate surface area is 127 Å². The first-order valence-electron chi connectivity index (χ1n) is 6.33. The lowest BCUT2D eigenvalue weighted by Gasteiger charge is -2.27. The molecule has 1 aromatic rings. The summed E-state index contributed by atoms with van der Waals surface area (Å²) in [4.78, 5) is 11.4. The zero-order valence-corrected chi connectivity index (χ0v) is 13.5. The summed E-state index contributed by atoms with van der Waals surface area (Å²) in [5.41, 5.74) is 0.265. The maximum Gasteiger partial charge on any atom is 0.310 e. The van der Waals surface area contributed by atoms with Crippen molar-refractivity contribution in [3.8, 4) is 0 Å². The molecule has 0 fully saturated rings. The van der Waals surface area contributed by atoms with Crippen molar-refractivity contribution in [2.45, 2.75) is 33.2 Å². The van der Waals surface area contributed by atoms with Crippen LogP contribution in [-0.4, -0.2) is 17.6 Å². The Balaban J connectivity index is 2.67. The van der Waals surface area contributed by atoms with Crippen LogP contribution in [0.25, 0.3) is 0 Å². The number of aliphatic carboxylic acids is 1. The number of benzene rings is 1. The van der Waals surface area contributed by atoms with E-state index in [4.69, 9.17) is 11.6 Å². The van der Waals surface area contributed by atoms with Gasteiger partial charge in [-0.1, -0.05) is 41.4 Å². The lowest BCUT2D eigenvalue weighted by Crippen LogP contribution is -2.40. The first-order chi connectivity index (χ1) is 8.95. The summed E-state index contributed by atoms with van der Waals surface area (Å²) in [7, 11) is 0. The molecule has 1 aromatic carbocycles. The average Bonchev–Trinajstić information content (AvgIpc) is 2.38. The van der Waals surface area contributed by atoms with E-state index >= 15 is 0 Å². The number of carbonyl (C=O) groups is 1. The molecule has 0 unspecified atom stereocenters. The molecule has 0 bridgehead atoms. The zero-order valence-electron chi connectivity index (χ0n) is 11.2. The second-order valence-electron chi connectivity index (χ2n) is 4.63. The highest BCUT2D eigenvalue weighted by Gasteiger charge is 2.34. The van der Waals surface area contributed by atoms with Crippen molar-refractivity contribution in [3.05, 3.63) is 33.3 Å². The van der Waals surface area contributed by atoms with Crippen LogP contribution in [0, 0.1) is 5.41 Å². The van der Waals surface area contributed by atoms with Crippen molar-refractivity contribution in [2.75, 3.05) is 6.54 Å². The summed E-state index contributed by atoms with van der Waals surface area (Å²) in [6.45, 7) is 4.82. The van der Waals surface area contributed by atoms with Crippen LogP contribution in [0.5, 0.6) is 0 Å². The molecule has 0 aromatic heterocycles. The largest absolute Gasteiger partial charge is 0.481 e. The molecule has 0 saturated carbocycles. The fraction of sp³-hybridized carbons (Fsp3) is 0.500. The van der Waals surface area contributed by atoms with Gasteiger partial charge in [0.1, 0.15) is 0 Å². The normalized spacial score (nSPS) is 11.6. The van der Waals surface area contributed by atoms with Gasteiger partial charge in [0.2, 0.25) is 0 Å². The predicted molar refractivity (Wildman–Crippen MR) is 81.5 cm³/mol. The van der Waals surface area contributed by atoms with Crippen molar-refractivity contribution in [1.29, 1.82) is 0 Å². The van der Waals surface area contributed by atoms with Crippen LogP contribution in [-0.2, 0) is 11.3 Å². The van der Waals surface area contributed by atoms with Crippen molar-refractivity contribution in [3.63, 3.8) is 0 Å². The standard InChI is InChI=1S/C14H19BrClNO2/c1-3-14(4-2,13(18)19)9-17-8-10-7-11(15)5-6-12(10)16/h5-7,17H,3-4,8-9H2,1-2H3,(H,18,19). The molecule has 0 atom stereocenters. The van der Waals surface area contributed by atoms with Gasteiger partial charge in [0.25, 0.3) is 0 Å². The van der Waals surface area contributed by atoms with Gasteiger partial charge in [-0.05, 0) is 36.6 Å². The van der Waals surface area contributed by atoms with Crippen LogP contribution < -0.4 is 5.32 Å². The maximum atomic E-state index is 11.4. The quantitative estimate of drug-likeness (QED) is 0.780. The lowest BCUT2D eigenvalue weighted by molar-refractivity contribution is -0.149. The van der Waals surface area contributed by atoms with Crippen LogP contribution in [0.1, 0.15) is 32.3 Å². The third kappa shape index (κ3) is 4.20. The molecule has 0 radical (unpaired) electrons. The fourth-order valence-corrected chi connectivity index (χ4v) is 2.59. The second kappa shape index (κ2) is 7.27. The van der Waals surface area contributed by atoms with Gasteiger partial charge in [-0.2, -0.15) is 0 Å². The van der Waals surface area contributed by atoms with Crippen LogP contribution >= 0.6 is 27.5 Å². The SMILES string of the molecule is CCC(CC)(CNCc1cc(Br)ccc1Cl)C(=O)O. The highest BCUT2D eigenvalue weighted by atomic mass is 79.9. The molecule has 0 aliphatic carbocycles. The Morgan fingerprint density at radius 3 is 2.58 bits per heavy atom. The smallest absolute Gasteiger partial charge is 0.310 e. The van der Waals surface area contributed by atoms with E-state index in [1.54, 1.807) is 0 Å². The van der Waals surface area contributed by atoms with E-state index in [0.29, 0.717) is 31.0 Å². The van der Waals surface area contributed by atoms with Crippen molar-refractivity contribution in [2.24, 2.45) is 5.41 Å². The topological polar surface area (TPSA) is 49.3 Å². The molecule has 5 heteroatoms. The molecule has 0 heterocycles. The van der Waals surface area contributed by atoms with E-state index in [1.165, 1.54) is 0 Å². The van der Waals surface area contributed by atoms with E-state index in [9.17, 15) is 9.90 Å². The molecule has 0 spiro atoms. The van der Waals surface area contributed by atoms with Gasteiger partial charge in [-0.3, -0.25) is 4.79 Å². The first-order valence-corrected chi connectivity index (χ1v) is 7.50. The van der Waals surface area contributed by atoms with Crippen LogP contribution in [0.4, 0.5) is 0 Å². The highest BCUT2D eigenvalue weighted by Crippen LogP contribution is 2.26. The Morgan fingerprint density at radius 2 is 2.05 bits per heavy atom. The zero-order chi connectivity index (χ0) is 14.5. The molecule has 1 rings (SSSR count). The number of hydrogen-bond acceptors (Lipinski definition) is 2. The number of rotatable bonds is 7. The fourth-order valence-electron chi connectivity index (χ4n) is 1.99. The molecule has 106 valence electrons. The van der Waals surface area contributed by atoms with Gasteiger partial charge >= 0.3 is 5.97 Å². The molecule has 19 heavy (non-hydrogen) atoms. The Hall–Kier alpha value is -0.580. The highest BCUT2D eigenvalue weighted by molar-refractivity contribution is 9.10. The maximum absolute atomic E-state index is 11.4. The molecule has 0 saturated heterocycles. The monoisotopic (exact) mass is 347 g/mol. The van der Waals surface area contributed by atoms with E-state index in [2.05, 4.69) is 21.2 Å². The molecule has 3 nitrogen and oxygen atoms in total. The van der Waals surface area contributed by atoms with Crippen LogP contribution in [0.2, 0.25) is 5.02 Å². The van der Waals surface area contributed by atoms with E-state index in [0.717, 1.165) is 10.0 Å². The average molecular weight is 349 g/mol. The van der Waals surface area contributed by atoms with Gasteiger partial charge in [0.05, 0.1) is 5.41 Å². The molecule has 0 amide bonds. The van der Waals surface area contributed by atoms with Gasteiger partial charge in [0, 0.05) is 22.6 Å². The number of nitrogens with one attached hydrogen (secondary N) is 1. The molecule has 2 N–H and O–H groups in total. The van der Waals surface area contributed by atoms with Crippen molar-refractivity contribution in [1.82, 2.24) is 5.32 Å². The summed E-state index contributed by atoms with van der Waals surface area (Å²) in [6, 6.07) is 5.65. The summed E-state index contributed by atoms with van der Waals surface area (Å²) in [5.74, 6) is -0.745. The molecule has 0 aliphatic heterocycles. The number of hydrogen-bond donors (Lipinski definition) is 2. The minimum Gasteiger partial charge on any atom is -0.481 e. The summed E-state index contributed by atoms with van der Waals surface area (Å²) in [5, 5.41) is 13.2. The van der Waals surface area contributed by atoms with Crippen LogP contribution in [0.15, 0.2) is 22.7 Å². The molecular weight excluding hydrogens is 330 g/mol. The lowest BCUT2D eigenvalue weighted by atomic mass is 9.82. The van der Waals surface area contributed by atoms with Crippen molar-refractivity contribution >= 4 is 33.5 Å². The Morgan fingerprint density at radius 1 is 1.42 bits per heavy atom. The van der Waals surface area contributed by atoms with E-state index in [1.807, 2.05) is 32.0 Å². The van der Waals surface area contributed by atoms with Gasteiger partial charge in [-0.15, -0.1) is 0 Å². The minimum atomic E-state index is -0.745. The molecule has 0 aliphatic rings. The van der Waals surface area contributed by atoms with E-state index in [-0.39, 0.29) is 0 Å². The Kier molecular flexibility index (Phi) is 6.30.